The molecule has 2 aliphatic heterocycles. The normalized spacial score (nSPS) is 21.6. The van der Waals surface area contributed by atoms with Crippen LogP contribution in [-0.4, -0.2) is 49.4 Å². The molecule has 2 aliphatic rings. The number of hydrogen-bond acceptors (Lipinski definition) is 7. The van der Waals surface area contributed by atoms with Crippen LogP contribution in [0, 0.1) is 6.92 Å². The first-order chi connectivity index (χ1) is 14.2. The number of amidine groups is 1. The molecule has 0 saturated carbocycles. The summed E-state index contributed by atoms with van der Waals surface area (Å²) in [6, 6.07) is 10.2. The predicted molar refractivity (Wildman–Crippen MR) is 122 cm³/mol. The molecule has 10 heteroatoms. The van der Waals surface area contributed by atoms with Crippen molar-refractivity contribution in [3.05, 3.63) is 52.5 Å². The van der Waals surface area contributed by atoms with Gasteiger partial charge in [-0.2, -0.15) is 0 Å². The van der Waals surface area contributed by atoms with Crippen molar-refractivity contribution >= 4 is 55.6 Å². The van der Waals surface area contributed by atoms with Crippen molar-refractivity contribution in [3.8, 4) is 5.75 Å². The van der Waals surface area contributed by atoms with Crippen molar-refractivity contribution in [3.63, 3.8) is 0 Å². The molecular weight excluding hydrogens is 446 g/mol. The summed E-state index contributed by atoms with van der Waals surface area (Å²) in [4.78, 5) is 17.2. The Morgan fingerprint density at radius 2 is 2.03 bits per heavy atom. The molecule has 2 N–H and O–H groups in total. The van der Waals surface area contributed by atoms with Gasteiger partial charge in [0.2, 0.25) is 0 Å². The van der Waals surface area contributed by atoms with E-state index in [1.165, 1.54) is 18.9 Å². The summed E-state index contributed by atoms with van der Waals surface area (Å²) in [6.07, 6.45) is 0. The summed E-state index contributed by atoms with van der Waals surface area (Å²) < 4.78 is 28.6. The van der Waals surface area contributed by atoms with Crippen LogP contribution in [0.25, 0.3) is 0 Å². The van der Waals surface area contributed by atoms with Crippen molar-refractivity contribution in [2.45, 2.75) is 18.2 Å². The number of fused-ring (bicyclic) bond motifs is 1. The highest BCUT2D eigenvalue weighted by Crippen LogP contribution is 2.35. The largest absolute Gasteiger partial charge is 0.495 e. The van der Waals surface area contributed by atoms with E-state index in [1.54, 1.807) is 30.3 Å². The zero-order valence-corrected chi connectivity index (χ0v) is 18.7. The Hall–Kier alpha value is -2.23. The van der Waals surface area contributed by atoms with E-state index < -0.39 is 9.84 Å². The number of anilines is 2. The van der Waals surface area contributed by atoms with Crippen molar-refractivity contribution < 1.29 is 17.9 Å². The van der Waals surface area contributed by atoms with Crippen molar-refractivity contribution in [1.29, 1.82) is 0 Å². The first-order valence-corrected chi connectivity index (χ1v) is 12.3. The van der Waals surface area contributed by atoms with Crippen LogP contribution in [0.5, 0.6) is 5.75 Å². The number of methoxy groups -OCH3 is 1. The first kappa shape index (κ1) is 21.0. The molecule has 0 radical (unpaired) electrons. The molecule has 30 heavy (non-hydrogen) atoms. The Kier molecular flexibility index (Phi) is 5.69. The molecular formula is C20H20ClN3O4S2. The highest BCUT2D eigenvalue weighted by Gasteiger charge is 2.42. The van der Waals surface area contributed by atoms with E-state index in [2.05, 4.69) is 15.6 Å². The second-order valence-electron chi connectivity index (χ2n) is 7.19. The number of hydrogen-bond donors (Lipinski definition) is 2. The average molecular weight is 466 g/mol. The van der Waals surface area contributed by atoms with Gasteiger partial charge in [-0.1, -0.05) is 29.4 Å². The first-order valence-electron chi connectivity index (χ1n) is 9.21. The van der Waals surface area contributed by atoms with Gasteiger partial charge in [-0.25, -0.2) is 8.42 Å². The van der Waals surface area contributed by atoms with E-state index in [9.17, 15) is 13.2 Å². The average Bonchev–Trinajstić information content (AvgIpc) is 3.16. The number of nitrogens with one attached hydrogen (secondary N) is 2. The standard InChI is InChI=1S/C20H20ClN3O4S2/c1-11-3-4-12(19(25)22-13-5-6-17(28-2)14(21)8-13)7-15(11)23-20-24-16-9-30(26,27)10-18(16)29-20/h3-8,16,18H,9-10H2,1-2H3,(H,22,25)(H,23,24)/t16-,18-/m0/s1. The lowest BCUT2D eigenvalue weighted by molar-refractivity contribution is 0.102. The zero-order valence-electron chi connectivity index (χ0n) is 16.3. The topological polar surface area (TPSA) is 96.9 Å². The monoisotopic (exact) mass is 465 g/mol. The van der Waals surface area contributed by atoms with E-state index in [1.807, 2.05) is 13.0 Å². The maximum absolute atomic E-state index is 12.7. The molecule has 0 unspecified atom stereocenters. The Labute approximate surface area is 184 Å². The molecule has 0 bridgehead atoms. The smallest absolute Gasteiger partial charge is 0.255 e. The molecule has 2 atom stereocenters. The minimum absolute atomic E-state index is 0.0379. The number of benzene rings is 2. The molecule has 0 spiro atoms. The van der Waals surface area contributed by atoms with Crippen LogP contribution in [-0.2, 0) is 9.84 Å². The van der Waals surface area contributed by atoms with Gasteiger partial charge in [-0.05, 0) is 42.8 Å². The van der Waals surface area contributed by atoms with Crippen molar-refractivity contribution in [2.24, 2.45) is 4.99 Å². The third-order valence-corrected chi connectivity index (χ3v) is 8.41. The molecule has 158 valence electrons. The molecule has 7 nitrogen and oxygen atoms in total. The van der Waals surface area contributed by atoms with Crippen molar-refractivity contribution in [1.82, 2.24) is 0 Å². The highest BCUT2D eigenvalue weighted by molar-refractivity contribution is 8.15. The number of carbonyl (C=O) groups is 1. The van der Waals surface area contributed by atoms with Gasteiger partial charge in [-0.15, -0.1) is 0 Å². The predicted octanol–water partition coefficient (Wildman–Crippen LogP) is 3.59. The maximum atomic E-state index is 12.7. The molecule has 1 saturated heterocycles. The van der Waals surface area contributed by atoms with E-state index >= 15 is 0 Å². The van der Waals surface area contributed by atoms with E-state index in [-0.39, 0.29) is 28.7 Å². The number of amides is 1. The molecule has 1 amide bonds. The molecule has 2 aromatic rings. The van der Waals surface area contributed by atoms with E-state index in [0.29, 0.717) is 27.2 Å². The van der Waals surface area contributed by atoms with Crippen LogP contribution in [0.15, 0.2) is 41.4 Å². The Morgan fingerprint density at radius 3 is 2.73 bits per heavy atom. The molecule has 2 heterocycles. The molecule has 2 aromatic carbocycles. The summed E-state index contributed by atoms with van der Waals surface area (Å²) in [5.41, 5.74) is 2.74. The second-order valence-corrected chi connectivity index (χ2v) is 11.0. The van der Waals surface area contributed by atoms with Gasteiger partial charge < -0.3 is 15.4 Å². The second kappa shape index (κ2) is 8.13. The minimum atomic E-state index is -2.99. The number of aliphatic imine (C=N–C) groups is 1. The third-order valence-electron chi connectivity index (χ3n) is 4.97. The van der Waals surface area contributed by atoms with E-state index in [0.717, 1.165) is 11.3 Å². The summed E-state index contributed by atoms with van der Waals surface area (Å²) in [7, 11) is -1.46. The van der Waals surface area contributed by atoms with Crippen LogP contribution in [0.4, 0.5) is 11.4 Å². The Balaban J connectivity index is 1.48. The number of ether oxygens (including phenoxy) is 1. The van der Waals surface area contributed by atoms with Crippen LogP contribution in [0.1, 0.15) is 15.9 Å². The van der Waals surface area contributed by atoms with Crippen LogP contribution in [0.3, 0.4) is 0 Å². The van der Waals surface area contributed by atoms with Gasteiger partial charge in [-0.3, -0.25) is 9.79 Å². The fourth-order valence-corrected chi connectivity index (χ4v) is 7.30. The minimum Gasteiger partial charge on any atom is -0.495 e. The lowest BCUT2D eigenvalue weighted by Gasteiger charge is -2.12. The fourth-order valence-electron chi connectivity index (χ4n) is 3.38. The van der Waals surface area contributed by atoms with Crippen molar-refractivity contribution in [2.75, 3.05) is 29.2 Å². The van der Waals surface area contributed by atoms with Crippen LogP contribution < -0.4 is 15.4 Å². The third kappa shape index (κ3) is 4.43. The van der Waals surface area contributed by atoms with Crippen LogP contribution >= 0.6 is 23.4 Å². The van der Waals surface area contributed by atoms with Gasteiger partial charge in [0.25, 0.3) is 5.91 Å². The lowest BCUT2D eigenvalue weighted by atomic mass is 10.1. The Morgan fingerprint density at radius 1 is 1.23 bits per heavy atom. The van der Waals surface area contributed by atoms with Crippen LogP contribution in [0.2, 0.25) is 5.02 Å². The zero-order chi connectivity index (χ0) is 21.5. The fraction of sp³-hybridized carbons (Fsp3) is 0.300. The number of thioether (sulfide) groups is 1. The van der Waals surface area contributed by atoms with E-state index in [4.69, 9.17) is 16.3 Å². The van der Waals surface area contributed by atoms with Gasteiger partial charge in [0.15, 0.2) is 15.0 Å². The van der Waals surface area contributed by atoms with Gasteiger partial charge in [0, 0.05) is 22.2 Å². The molecule has 0 aromatic heterocycles. The molecule has 1 fully saturated rings. The number of rotatable bonds is 4. The number of halogens is 1. The highest BCUT2D eigenvalue weighted by atomic mass is 35.5. The number of carbonyl (C=O) groups excluding carboxylic acids is 1. The Bertz CT molecular complexity index is 1150. The summed E-state index contributed by atoms with van der Waals surface area (Å²) in [5.74, 6) is 0.511. The quantitative estimate of drug-likeness (QED) is 0.716. The lowest BCUT2D eigenvalue weighted by Crippen LogP contribution is -2.14. The molecule has 4 rings (SSSR count). The van der Waals surface area contributed by atoms with Gasteiger partial charge in [0.05, 0.1) is 29.7 Å². The summed E-state index contributed by atoms with van der Waals surface area (Å²) in [6.45, 7) is 1.93. The van der Waals surface area contributed by atoms with Gasteiger partial charge in [0.1, 0.15) is 5.75 Å². The molecule has 0 aliphatic carbocycles. The summed E-state index contributed by atoms with van der Waals surface area (Å²) in [5, 5.41) is 7.12. The number of sulfone groups is 1. The number of nitrogens with zero attached hydrogens (tertiary/aromatic N) is 1. The maximum Gasteiger partial charge on any atom is 0.255 e. The summed E-state index contributed by atoms with van der Waals surface area (Å²) >= 11 is 7.56. The number of aryl methyl sites for hydroxylation is 1. The van der Waals surface area contributed by atoms with Gasteiger partial charge >= 0.3 is 0 Å². The SMILES string of the molecule is COc1ccc(NC(=O)c2ccc(C)c(NC3=N[C@H]4CS(=O)(=O)C[C@@H]4S3)c2)cc1Cl.